The second-order valence-corrected chi connectivity index (χ2v) is 7.22. The Bertz CT molecular complexity index is 1020. The third-order valence-corrected chi connectivity index (χ3v) is 5.50. The van der Waals surface area contributed by atoms with Gasteiger partial charge in [-0.3, -0.25) is 10.1 Å². The summed E-state index contributed by atoms with van der Waals surface area (Å²) in [6.07, 6.45) is 0. The fraction of sp³-hybridized carbons (Fsp3) is 0.316. The monoisotopic (exact) mass is 401 g/mol. The van der Waals surface area contributed by atoms with E-state index in [0.29, 0.717) is 36.8 Å². The van der Waals surface area contributed by atoms with Gasteiger partial charge in [0.05, 0.1) is 29.2 Å². The molecule has 0 bridgehead atoms. The molecule has 4 rings (SSSR count). The van der Waals surface area contributed by atoms with Gasteiger partial charge in [-0.1, -0.05) is 23.9 Å². The predicted octanol–water partition coefficient (Wildman–Crippen LogP) is 3.75. The molecule has 146 valence electrons. The van der Waals surface area contributed by atoms with E-state index in [1.165, 1.54) is 17.8 Å². The number of imidazole rings is 1. The van der Waals surface area contributed by atoms with E-state index in [2.05, 4.69) is 4.57 Å². The van der Waals surface area contributed by atoms with Gasteiger partial charge in [-0.05, 0) is 12.1 Å². The van der Waals surface area contributed by atoms with E-state index in [1.54, 1.807) is 13.2 Å². The Morgan fingerprint density at radius 1 is 1.36 bits per heavy atom. The first-order valence-electron chi connectivity index (χ1n) is 8.75. The van der Waals surface area contributed by atoms with Gasteiger partial charge in [0.15, 0.2) is 11.9 Å². The van der Waals surface area contributed by atoms with E-state index in [4.69, 9.17) is 19.2 Å². The first kappa shape index (κ1) is 18.7. The van der Waals surface area contributed by atoms with Crippen LogP contribution in [0.3, 0.4) is 0 Å². The highest BCUT2D eigenvalue weighted by molar-refractivity contribution is 7.98. The van der Waals surface area contributed by atoms with E-state index < -0.39 is 4.92 Å². The number of fused-ring (bicyclic) bond motifs is 2. The second-order valence-electron chi connectivity index (χ2n) is 6.28. The highest BCUT2D eigenvalue weighted by Crippen LogP contribution is 2.36. The number of rotatable bonds is 7. The maximum atomic E-state index is 11.3. The summed E-state index contributed by atoms with van der Waals surface area (Å²) in [4.78, 5) is 15.6. The number of hydrogen-bond acceptors (Lipinski definition) is 7. The van der Waals surface area contributed by atoms with Gasteiger partial charge < -0.3 is 18.8 Å². The van der Waals surface area contributed by atoms with Crippen molar-refractivity contribution in [1.29, 1.82) is 0 Å². The first-order chi connectivity index (χ1) is 13.7. The molecule has 2 aromatic carbocycles. The quantitative estimate of drug-likeness (QED) is 0.338. The van der Waals surface area contributed by atoms with Crippen molar-refractivity contribution < 1.29 is 19.1 Å². The van der Waals surface area contributed by atoms with Crippen LogP contribution in [0.25, 0.3) is 11.0 Å². The third kappa shape index (κ3) is 3.68. The van der Waals surface area contributed by atoms with Crippen LogP contribution in [0.15, 0.2) is 41.6 Å². The van der Waals surface area contributed by atoms with Crippen LogP contribution < -0.4 is 4.74 Å². The average Bonchev–Trinajstić information content (AvgIpc) is 3.07. The minimum Gasteiger partial charge on any atom is -0.467 e. The van der Waals surface area contributed by atoms with Crippen molar-refractivity contribution in [2.75, 3.05) is 20.5 Å². The Morgan fingerprint density at radius 3 is 3.04 bits per heavy atom. The zero-order chi connectivity index (χ0) is 19.5. The number of benzene rings is 2. The van der Waals surface area contributed by atoms with Crippen molar-refractivity contribution in [2.45, 2.75) is 24.1 Å². The Morgan fingerprint density at radius 2 is 2.21 bits per heavy atom. The lowest BCUT2D eigenvalue weighted by Crippen LogP contribution is -2.13. The molecule has 0 saturated heterocycles. The number of thioether (sulfide) groups is 1. The van der Waals surface area contributed by atoms with Crippen LogP contribution in [0.1, 0.15) is 11.1 Å². The SMILES string of the molecule is COCCn1c(SCc2cc([N+](=O)[O-])cc3c2OCOC3)nc2ccccc21. The summed E-state index contributed by atoms with van der Waals surface area (Å²) in [5.41, 5.74) is 3.45. The van der Waals surface area contributed by atoms with Gasteiger partial charge in [-0.25, -0.2) is 4.98 Å². The van der Waals surface area contributed by atoms with E-state index in [-0.39, 0.29) is 12.5 Å². The average molecular weight is 401 g/mol. The molecule has 3 aromatic rings. The van der Waals surface area contributed by atoms with Crippen molar-refractivity contribution in [3.63, 3.8) is 0 Å². The Kier molecular flexibility index (Phi) is 5.47. The molecule has 8 nitrogen and oxygen atoms in total. The summed E-state index contributed by atoms with van der Waals surface area (Å²) in [7, 11) is 1.67. The largest absolute Gasteiger partial charge is 0.467 e. The molecule has 0 radical (unpaired) electrons. The number of non-ortho nitro benzene ring substituents is 1. The van der Waals surface area contributed by atoms with E-state index in [9.17, 15) is 10.1 Å². The summed E-state index contributed by atoms with van der Waals surface area (Å²) in [6, 6.07) is 11.0. The van der Waals surface area contributed by atoms with Crippen LogP contribution in [0, 0.1) is 10.1 Å². The summed E-state index contributed by atoms with van der Waals surface area (Å²) in [5, 5.41) is 12.1. The number of hydrogen-bond donors (Lipinski definition) is 0. The van der Waals surface area contributed by atoms with Crippen LogP contribution in [0.5, 0.6) is 5.75 Å². The summed E-state index contributed by atoms with van der Waals surface area (Å²) < 4.78 is 18.2. The maximum Gasteiger partial charge on any atom is 0.270 e. The molecule has 9 heteroatoms. The number of para-hydroxylation sites is 2. The highest BCUT2D eigenvalue weighted by Gasteiger charge is 2.22. The second kappa shape index (κ2) is 8.17. The number of nitro groups is 1. The van der Waals surface area contributed by atoms with Gasteiger partial charge in [0, 0.05) is 42.7 Å². The van der Waals surface area contributed by atoms with Gasteiger partial charge in [0.1, 0.15) is 5.75 Å². The van der Waals surface area contributed by atoms with Gasteiger partial charge in [0.25, 0.3) is 5.69 Å². The minimum absolute atomic E-state index is 0.0383. The molecule has 0 saturated carbocycles. The number of ether oxygens (including phenoxy) is 3. The molecule has 0 atom stereocenters. The standard InChI is InChI=1S/C19H19N3O5S/c1-25-7-6-21-17-5-3-2-4-16(17)20-19(21)28-11-14-9-15(22(23)24)8-13-10-26-12-27-18(13)14/h2-5,8-9H,6-7,10-12H2,1H3. The molecule has 28 heavy (non-hydrogen) atoms. The lowest BCUT2D eigenvalue weighted by Gasteiger charge is -2.20. The summed E-state index contributed by atoms with van der Waals surface area (Å²) in [5.74, 6) is 1.17. The molecule has 2 heterocycles. The molecular weight excluding hydrogens is 382 g/mol. The van der Waals surface area contributed by atoms with Crippen LogP contribution in [-0.4, -0.2) is 35.0 Å². The smallest absolute Gasteiger partial charge is 0.270 e. The molecule has 0 fully saturated rings. The minimum atomic E-state index is -0.392. The zero-order valence-electron chi connectivity index (χ0n) is 15.3. The fourth-order valence-corrected chi connectivity index (χ4v) is 4.21. The van der Waals surface area contributed by atoms with Crippen LogP contribution >= 0.6 is 11.8 Å². The molecule has 0 unspecified atom stereocenters. The molecule has 0 aliphatic carbocycles. The van der Waals surface area contributed by atoms with E-state index >= 15 is 0 Å². The van der Waals surface area contributed by atoms with E-state index in [1.807, 2.05) is 24.3 Å². The van der Waals surface area contributed by atoms with E-state index in [0.717, 1.165) is 21.8 Å². The number of nitrogens with zero attached hydrogens (tertiary/aromatic N) is 3. The first-order valence-corrected chi connectivity index (χ1v) is 9.73. The van der Waals surface area contributed by atoms with Gasteiger partial charge in [-0.2, -0.15) is 0 Å². The van der Waals surface area contributed by atoms with Crippen molar-refractivity contribution in [3.8, 4) is 5.75 Å². The molecule has 0 N–H and O–H groups in total. The van der Waals surface area contributed by atoms with Crippen LogP contribution in [0.2, 0.25) is 0 Å². The molecule has 1 aromatic heterocycles. The number of nitro benzene ring substituents is 1. The molecular formula is C19H19N3O5S. The molecule has 0 amide bonds. The van der Waals surface area contributed by atoms with Crippen LogP contribution in [0.4, 0.5) is 5.69 Å². The molecule has 1 aliphatic rings. The van der Waals surface area contributed by atoms with Crippen molar-refractivity contribution in [3.05, 3.63) is 57.6 Å². The summed E-state index contributed by atoms with van der Waals surface area (Å²) >= 11 is 1.52. The van der Waals surface area contributed by atoms with Crippen LogP contribution in [-0.2, 0) is 28.4 Å². The fourth-order valence-electron chi connectivity index (χ4n) is 3.20. The van der Waals surface area contributed by atoms with Crippen molar-refractivity contribution in [1.82, 2.24) is 9.55 Å². The van der Waals surface area contributed by atoms with Gasteiger partial charge in [0.2, 0.25) is 0 Å². The van der Waals surface area contributed by atoms with Crippen molar-refractivity contribution >= 4 is 28.5 Å². The Hall–Kier alpha value is -2.62. The lowest BCUT2D eigenvalue weighted by atomic mass is 10.1. The molecule has 1 aliphatic heterocycles. The van der Waals surface area contributed by atoms with Gasteiger partial charge in [-0.15, -0.1) is 0 Å². The topological polar surface area (TPSA) is 88.7 Å². The highest BCUT2D eigenvalue weighted by atomic mass is 32.2. The lowest BCUT2D eigenvalue weighted by molar-refractivity contribution is -0.385. The number of aromatic nitrogens is 2. The zero-order valence-corrected chi connectivity index (χ0v) is 16.1. The van der Waals surface area contributed by atoms with Crippen molar-refractivity contribution in [2.24, 2.45) is 0 Å². The Balaban J connectivity index is 1.66. The normalized spacial score (nSPS) is 13.3. The number of methoxy groups -OCH3 is 1. The summed E-state index contributed by atoms with van der Waals surface area (Å²) in [6.45, 7) is 1.70. The van der Waals surface area contributed by atoms with Gasteiger partial charge >= 0.3 is 0 Å². The predicted molar refractivity (Wildman–Crippen MR) is 105 cm³/mol. The maximum absolute atomic E-state index is 11.3. The third-order valence-electron chi connectivity index (χ3n) is 4.48. The molecule has 0 spiro atoms. The Labute approximate surface area is 165 Å².